The summed E-state index contributed by atoms with van der Waals surface area (Å²) in [7, 11) is 0. The van der Waals surface area contributed by atoms with Crippen LogP contribution >= 0.6 is 0 Å². The first kappa shape index (κ1) is 27.4. The highest BCUT2D eigenvalue weighted by Crippen LogP contribution is 2.22. The summed E-state index contributed by atoms with van der Waals surface area (Å²) in [6.07, 6.45) is -2.89. The largest absolute Gasteiger partial charge is 0.480 e. The minimum Gasteiger partial charge on any atom is -0.480 e. The highest BCUT2D eigenvalue weighted by Gasteiger charge is 2.41. The van der Waals surface area contributed by atoms with Gasteiger partial charge in [-0.15, -0.1) is 0 Å². The van der Waals surface area contributed by atoms with Gasteiger partial charge in [0.2, 0.25) is 0 Å². The Labute approximate surface area is 186 Å². The van der Waals surface area contributed by atoms with Gasteiger partial charge in [0.15, 0.2) is 0 Å². The molecule has 0 radical (unpaired) electrons. The zero-order valence-electron chi connectivity index (χ0n) is 19.3. The van der Waals surface area contributed by atoms with Crippen LogP contribution in [0.1, 0.15) is 54.4 Å². The van der Waals surface area contributed by atoms with E-state index in [-0.39, 0.29) is 25.9 Å². The van der Waals surface area contributed by atoms with Crippen LogP contribution in [0.25, 0.3) is 0 Å². The Bertz CT molecular complexity index is 652. The monoisotopic (exact) mass is 462 g/mol. The maximum absolute atomic E-state index is 11.7. The van der Waals surface area contributed by atoms with Crippen molar-refractivity contribution in [1.29, 1.82) is 0 Å². The molecule has 12 nitrogen and oxygen atoms in total. The fraction of sp³-hybridized carbons (Fsp3) is 0.800. The molecule has 4 atom stereocenters. The summed E-state index contributed by atoms with van der Waals surface area (Å²) in [4.78, 5) is 47.1. The van der Waals surface area contributed by atoms with Crippen molar-refractivity contribution in [2.45, 2.75) is 89.9 Å². The fourth-order valence-corrected chi connectivity index (χ4v) is 3.14. The van der Waals surface area contributed by atoms with Crippen LogP contribution in [-0.4, -0.2) is 103 Å². The molecule has 0 saturated carbocycles. The van der Waals surface area contributed by atoms with E-state index in [0.717, 1.165) is 9.80 Å². The number of rotatable bonds is 2. The van der Waals surface area contributed by atoms with Gasteiger partial charge in [-0.3, -0.25) is 9.80 Å². The Morgan fingerprint density at radius 2 is 0.969 bits per heavy atom. The number of carboxylic acid groups (broad SMARTS) is 2. The van der Waals surface area contributed by atoms with E-state index in [4.69, 9.17) is 19.7 Å². The highest BCUT2D eigenvalue weighted by atomic mass is 16.6. The van der Waals surface area contributed by atoms with Gasteiger partial charge in [-0.05, 0) is 41.5 Å². The lowest BCUT2D eigenvalue weighted by Crippen LogP contribution is -2.43. The number of hydrogen-bond donors (Lipinski definition) is 4. The molecule has 2 aliphatic rings. The molecule has 2 fully saturated rings. The van der Waals surface area contributed by atoms with E-state index in [2.05, 4.69) is 0 Å². The van der Waals surface area contributed by atoms with Gasteiger partial charge in [0, 0.05) is 12.8 Å². The molecule has 0 spiro atoms. The number of amides is 2. The number of carbonyl (C=O) groups excluding carboxylic acids is 2. The first-order valence-electron chi connectivity index (χ1n) is 10.2. The molecule has 184 valence electrons. The lowest BCUT2D eigenvalue weighted by molar-refractivity contribution is -0.142. The molecule has 0 aromatic heterocycles. The van der Waals surface area contributed by atoms with Crippen molar-refractivity contribution in [3.8, 4) is 0 Å². The quantitative estimate of drug-likeness (QED) is 0.461. The second-order valence-corrected chi connectivity index (χ2v) is 9.75. The van der Waals surface area contributed by atoms with Crippen LogP contribution in [0.2, 0.25) is 0 Å². The third kappa shape index (κ3) is 8.50. The summed E-state index contributed by atoms with van der Waals surface area (Å²) in [6.45, 7) is 10.2. The topological polar surface area (TPSA) is 174 Å². The number of carbonyl (C=O) groups is 4. The summed E-state index contributed by atoms with van der Waals surface area (Å²) >= 11 is 0. The average Bonchev–Trinajstić information content (AvgIpc) is 3.15. The Hall–Kier alpha value is -2.60. The molecule has 2 heterocycles. The van der Waals surface area contributed by atoms with Crippen molar-refractivity contribution >= 4 is 24.1 Å². The second-order valence-electron chi connectivity index (χ2n) is 9.75. The predicted octanol–water partition coefficient (Wildman–Crippen LogP) is 0.883. The summed E-state index contributed by atoms with van der Waals surface area (Å²) < 4.78 is 10.1. The van der Waals surface area contributed by atoms with Gasteiger partial charge in [-0.25, -0.2) is 19.2 Å². The summed E-state index contributed by atoms with van der Waals surface area (Å²) in [5.74, 6) is -2.25. The van der Waals surface area contributed by atoms with E-state index in [1.165, 1.54) is 0 Å². The lowest BCUT2D eigenvalue weighted by Gasteiger charge is -2.26. The number of aliphatic hydroxyl groups is 2. The standard InChI is InChI=1S/2C10H17NO5/c2*1-10(2,3)16-9(15)11-5-6(12)4-7(11)8(13)14/h2*6-7,12H,4-5H2,1-3H3,(H,13,14)/t2*6-,7-/m11/s1. The van der Waals surface area contributed by atoms with Crippen molar-refractivity contribution in [3.63, 3.8) is 0 Å². The minimum absolute atomic E-state index is 0.00583. The number of aliphatic hydroxyl groups excluding tert-OH is 2. The zero-order valence-corrected chi connectivity index (χ0v) is 19.3. The zero-order chi connectivity index (χ0) is 25.0. The van der Waals surface area contributed by atoms with Crippen molar-refractivity contribution in [1.82, 2.24) is 9.80 Å². The van der Waals surface area contributed by atoms with Crippen molar-refractivity contribution in [2.75, 3.05) is 13.1 Å². The molecule has 0 bridgehead atoms. The normalized spacial score (nSPS) is 25.6. The van der Waals surface area contributed by atoms with Gasteiger partial charge in [0.1, 0.15) is 23.3 Å². The van der Waals surface area contributed by atoms with Crippen LogP contribution in [0, 0.1) is 0 Å². The molecule has 2 aliphatic heterocycles. The van der Waals surface area contributed by atoms with Crippen LogP contribution in [-0.2, 0) is 19.1 Å². The van der Waals surface area contributed by atoms with Gasteiger partial charge in [0.05, 0.1) is 25.3 Å². The summed E-state index contributed by atoms with van der Waals surface area (Å²) in [5.41, 5.74) is -1.35. The summed E-state index contributed by atoms with van der Waals surface area (Å²) in [5, 5.41) is 36.5. The lowest BCUT2D eigenvalue weighted by atomic mass is 10.2. The predicted molar refractivity (Wildman–Crippen MR) is 110 cm³/mol. The maximum atomic E-state index is 11.7. The van der Waals surface area contributed by atoms with Crippen LogP contribution in [0.5, 0.6) is 0 Å². The van der Waals surface area contributed by atoms with E-state index in [0.29, 0.717) is 0 Å². The first-order chi connectivity index (χ1) is 14.4. The molecule has 32 heavy (non-hydrogen) atoms. The number of aliphatic carboxylic acids is 2. The van der Waals surface area contributed by atoms with Gasteiger partial charge < -0.3 is 29.9 Å². The molecule has 0 aromatic rings. The van der Waals surface area contributed by atoms with Crippen LogP contribution in [0.4, 0.5) is 9.59 Å². The summed E-state index contributed by atoms with van der Waals surface area (Å²) in [6, 6.07) is -1.99. The number of carboxylic acids is 2. The molecule has 12 heteroatoms. The second kappa shape index (κ2) is 10.3. The van der Waals surface area contributed by atoms with Gasteiger partial charge in [-0.2, -0.15) is 0 Å². The van der Waals surface area contributed by atoms with E-state index in [1.54, 1.807) is 41.5 Å². The molecule has 0 aliphatic carbocycles. The molecular formula is C20H34N2O10. The SMILES string of the molecule is CC(C)(C)OC(=O)N1C[C@H](O)C[C@@H]1C(=O)O.CC(C)(C)OC(=O)N1C[C@H](O)C[C@@H]1C(=O)O. The molecule has 0 unspecified atom stereocenters. The minimum atomic E-state index is -1.12. The van der Waals surface area contributed by atoms with Crippen LogP contribution in [0.3, 0.4) is 0 Å². The molecule has 2 saturated heterocycles. The van der Waals surface area contributed by atoms with E-state index in [1.807, 2.05) is 0 Å². The van der Waals surface area contributed by atoms with Crippen LogP contribution in [0.15, 0.2) is 0 Å². The Balaban J connectivity index is 0.000000320. The van der Waals surface area contributed by atoms with Crippen LogP contribution < -0.4 is 0 Å². The smallest absolute Gasteiger partial charge is 0.411 e. The highest BCUT2D eigenvalue weighted by molar-refractivity contribution is 5.81. The van der Waals surface area contributed by atoms with Crippen molar-refractivity contribution < 1.29 is 49.1 Å². The molecule has 2 rings (SSSR count). The Morgan fingerprint density at radius 3 is 1.19 bits per heavy atom. The molecular weight excluding hydrogens is 428 g/mol. The van der Waals surface area contributed by atoms with E-state index >= 15 is 0 Å². The first-order valence-corrected chi connectivity index (χ1v) is 10.2. The maximum Gasteiger partial charge on any atom is 0.411 e. The number of likely N-dealkylation sites (tertiary alicyclic amines) is 2. The van der Waals surface area contributed by atoms with Gasteiger partial charge in [-0.1, -0.05) is 0 Å². The molecule has 0 aromatic carbocycles. The Kier molecular flexibility index (Phi) is 8.87. The van der Waals surface area contributed by atoms with Crippen molar-refractivity contribution in [3.05, 3.63) is 0 Å². The third-order valence-electron chi connectivity index (χ3n) is 4.38. The third-order valence-corrected chi connectivity index (χ3v) is 4.38. The number of hydrogen-bond acceptors (Lipinski definition) is 8. The van der Waals surface area contributed by atoms with E-state index < -0.39 is 59.6 Å². The van der Waals surface area contributed by atoms with Gasteiger partial charge >= 0.3 is 24.1 Å². The number of ether oxygens (including phenoxy) is 2. The molecule has 4 N–H and O–H groups in total. The van der Waals surface area contributed by atoms with E-state index in [9.17, 15) is 29.4 Å². The van der Waals surface area contributed by atoms with Crippen molar-refractivity contribution in [2.24, 2.45) is 0 Å². The average molecular weight is 462 g/mol. The fourth-order valence-electron chi connectivity index (χ4n) is 3.14. The Morgan fingerprint density at radius 1 is 0.688 bits per heavy atom. The number of β-amino-alcohol motifs (C(OH)–C–C–N with tert-alkyl or cyclic N) is 2. The number of nitrogens with zero attached hydrogens (tertiary/aromatic N) is 2. The van der Waals surface area contributed by atoms with Gasteiger partial charge in [0.25, 0.3) is 0 Å². The molecule has 2 amide bonds.